The van der Waals surface area contributed by atoms with Crippen LogP contribution in [0.1, 0.15) is 22.7 Å². The summed E-state index contributed by atoms with van der Waals surface area (Å²) in [4.78, 5) is 16.0. The first kappa shape index (κ1) is 21.2. The number of nitrogens with one attached hydrogen (secondary N) is 1. The molecule has 2 heterocycles. The minimum absolute atomic E-state index is 0.252. The molecule has 1 atom stereocenters. The fraction of sp³-hybridized carbons (Fsp3) is 0.318. The van der Waals surface area contributed by atoms with Gasteiger partial charge < -0.3 is 19.2 Å². The number of nitrogens with zero attached hydrogens (tertiary/aromatic N) is 1. The Bertz CT molecular complexity index is 1320. The Morgan fingerprint density at radius 2 is 1.68 bits per heavy atom. The number of rotatable bonds is 5. The van der Waals surface area contributed by atoms with Crippen LogP contribution >= 0.6 is 0 Å². The van der Waals surface area contributed by atoms with Crippen LogP contribution < -0.4 is 19.8 Å². The minimum Gasteiger partial charge on any atom is -0.497 e. The van der Waals surface area contributed by atoms with E-state index >= 15 is 0 Å². The number of fused-ring (bicyclic) bond motifs is 2. The van der Waals surface area contributed by atoms with E-state index in [1.165, 1.54) is 11.4 Å². The molecule has 0 spiro atoms. The van der Waals surface area contributed by atoms with E-state index in [1.807, 2.05) is 6.07 Å². The number of pyridine rings is 1. The van der Waals surface area contributed by atoms with E-state index in [2.05, 4.69) is 4.98 Å². The molecule has 3 aromatic rings. The average Bonchev–Trinajstić information content (AvgIpc) is 2.75. The lowest BCUT2D eigenvalue weighted by atomic mass is 9.89. The molecule has 0 radical (unpaired) electrons. The average molecular weight is 445 g/mol. The van der Waals surface area contributed by atoms with Crippen molar-refractivity contribution in [2.75, 3.05) is 34.1 Å². The van der Waals surface area contributed by atoms with Crippen molar-refractivity contribution < 1.29 is 22.6 Å². The first-order chi connectivity index (χ1) is 14.8. The zero-order valence-electron chi connectivity index (χ0n) is 17.8. The maximum Gasteiger partial charge on any atom is 0.253 e. The first-order valence-electron chi connectivity index (χ1n) is 9.69. The number of H-pyrrole nitrogens is 1. The van der Waals surface area contributed by atoms with Gasteiger partial charge >= 0.3 is 0 Å². The highest BCUT2D eigenvalue weighted by Crippen LogP contribution is 2.41. The molecule has 0 aliphatic carbocycles. The first-order valence-corrected chi connectivity index (χ1v) is 11.5. The van der Waals surface area contributed by atoms with Crippen LogP contribution in [0.15, 0.2) is 41.2 Å². The third-order valence-electron chi connectivity index (χ3n) is 5.63. The molecule has 1 aliphatic rings. The van der Waals surface area contributed by atoms with Crippen LogP contribution in [0.2, 0.25) is 0 Å². The van der Waals surface area contributed by atoms with Crippen LogP contribution in [0, 0.1) is 0 Å². The number of hydrogen-bond donors (Lipinski definition) is 1. The van der Waals surface area contributed by atoms with Crippen molar-refractivity contribution in [2.45, 2.75) is 12.5 Å². The van der Waals surface area contributed by atoms with E-state index in [4.69, 9.17) is 14.2 Å². The van der Waals surface area contributed by atoms with E-state index in [-0.39, 0.29) is 12.1 Å². The molecule has 1 N–H and O–H groups in total. The van der Waals surface area contributed by atoms with Crippen LogP contribution in [0.25, 0.3) is 10.9 Å². The van der Waals surface area contributed by atoms with Crippen LogP contribution in [0.4, 0.5) is 0 Å². The highest BCUT2D eigenvalue weighted by atomic mass is 32.2. The number of aromatic nitrogens is 1. The van der Waals surface area contributed by atoms with Crippen LogP contribution in [-0.2, 0) is 16.4 Å². The van der Waals surface area contributed by atoms with Crippen molar-refractivity contribution in [1.82, 2.24) is 9.29 Å². The molecule has 0 bridgehead atoms. The van der Waals surface area contributed by atoms with Gasteiger partial charge in [0.05, 0.1) is 33.6 Å². The number of methoxy groups -OCH3 is 3. The van der Waals surface area contributed by atoms with Gasteiger partial charge in [-0.3, -0.25) is 4.79 Å². The van der Waals surface area contributed by atoms with E-state index in [9.17, 15) is 13.2 Å². The zero-order valence-corrected chi connectivity index (χ0v) is 18.6. The van der Waals surface area contributed by atoms with Crippen molar-refractivity contribution in [2.24, 2.45) is 0 Å². The molecule has 0 fully saturated rings. The molecule has 31 heavy (non-hydrogen) atoms. The van der Waals surface area contributed by atoms with Gasteiger partial charge in [-0.1, -0.05) is 0 Å². The van der Waals surface area contributed by atoms with Gasteiger partial charge in [-0.2, -0.15) is 4.31 Å². The van der Waals surface area contributed by atoms with Gasteiger partial charge in [0, 0.05) is 23.0 Å². The Labute approximate surface area is 180 Å². The number of sulfonamides is 1. The van der Waals surface area contributed by atoms with Crippen LogP contribution in [0.5, 0.6) is 17.2 Å². The molecule has 0 saturated carbocycles. The van der Waals surface area contributed by atoms with E-state index in [0.717, 1.165) is 17.2 Å². The van der Waals surface area contributed by atoms with Crippen molar-refractivity contribution in [3.05, 3.63) is 63.4 Å². The van der Waals surface area contributed by atoms with Crippen molar-refractivity contribution in [1.29, 1.82) is 0 Å². The Morgan fingerprint density at radius 3 is 2.32 bits per heavy atom. The summed E-state index contributed by atoms with van der Waals surface area (Å²) in [5, 5.41) is 0.745. The third kappa shape index (κ3) is 3.75. The Morgan fingerprint density at radius 1 is 0.968 bits per heavy atom. The molecule has 1 aromatic heterocycles. The summed E-state index contributed by atoms with van der Waals surface area (Å²) >= 11 is 0. The zero-order chi connectivity index (χ0) is 22.3. The summed E-state index contributed by atoms with van der Waals surface area (Å²) in [5.41, 5.74) is 2.23. The Hall–Kier alpha value is -3.04. The van der Waals surface area contributed by atoms with E-state index in [0.29, 0.717) is 40.3 Å². The summed E-state index contributed by atoms with van der Waals surface area (Å²) in [6.07, 6.45) is 1.66. The number of ether oxygens (including phenoxy) is 3. The minimum atomic E-state index is -3.60. The van der Waals surface area contributed by atoms with Gasteiger partial charge in [0.1, 0.15) is 5.75 Å². The highest BCUT2D eigenvalue weighted by molar-refractivity contribution is 7.88. The smallest absolute Gasteiger partial charge is 0.253 e. The summed E-state index contributed by atoms with van der Waals surface area (Å²) in [7, 11) is 1.04. The molecule has 164 valence electrons. The second-order valence-electron chi connectivity index (χ2n) is 7.44. The van der Waals surface area contributed by atoms with Crippen molar-refractivity contribution in [3.63, 3.8) is 0 Å². The highest BCUT2D eigenvalue weighted by Gasteiger charge is 2.37. The lowest BCUT2D eigenvalue weighted by Gasteiger charge is -2.36. The maximum absolute atomic E-state index is 13.1. The Kier molecular flexibility index (Phi) is 5.40. The molecular weight excluding hydrogens is 420 g/mol. The lowest BCUT2D eigenvalue weighted by Crippen LogP contribution is -2.42. The topological polar surface area (TPSA) is 97.9 Å². The number of hydrogen-bond acceptors (Lipinski definition) is 6. The van der Waals surface area contributed by atoms with Gasteiger partial charge in [0.15, 0.2) is 11.5 Å². The van der Waals surface area contributed by atoms with E-state index in [1.54, 1.807) is 44.6 Å². The molecule has 9 heteroatoms. The molecular formula is C22H24N2O6S. The standard InChI is InChI=1S/C22H24N2O6S/c1-28-15-5-6-18-14(9-15)10-17(22(25)23-18)21-16-12-20(30-3)19(29-2)11-13(16)7-8-24(21)31(4,26)27/h5-6,9-12,21H,7-8H2,1-4H3,(H,23,25)/t21-/m0/s1. The largest absolute Gasteiger partial charge is 0.497 e. The van der Waals surface area contributed by atoms with Crippen LogP contribution in [-0.4, -0.2) is 51.8 Å². The second kappa shape index (κ2) is 7.90. The van der Waals surface area contributed by atoms with Gasteiger partial charge in [0.25, 0.3) is 5.56 Å². The number of aromatic amines is 1. The molecule has 0 amide bonds. The van der Waals surface area contributed by atoms with Crippen LogP contribution in [0.3, 0.4) is 0 Å². The maximum atomic E-state index is 13.1. The van der Waals surface area contributed by atoms with Gasteiger partial charge in [-0.05, 0) is 53.9 Å². The molecule has 0 unspecified atom stereocenters. The fourth-order valence-corrected chi connectivity index (χ4v) is 5.17. The lowest BCUT2D eigenvalue weighted by molar-refractivity contribution is 0.332. The Balaban J connectivity index is 2.00. The van der Waals surface area contributed by atoms with E-state index < -0.39 is 16.1 Å². The van der Waals surface area contributed by atoms with Gasteiger partial charge in [-0.25, -0.2) is 8.42 Å². The summed E-state index contributed by atoms with van der Waals surface area (Å²) < 4.78 is 42.8. The fourth-order valence-electron chi connectivity index (χ4n) is 4.13. The molecule has 2 aromatic carbocycles. The molecule has 4 rings (SSSR count). The number of benzene rings is 2. The van der Waals surface area contributed by atoms with Gasteiger partial charge in [0.2, 0.25) is 10.0 Å². The molecule has 8 nitrogen and oxygen atoms in total. The predicted octanol–water partition coefficient (Wildman–Crippen LogP) is 2.46. The summed E-state index contributed by atoms with van der Waals surface area (Å²) in [5.74, 6) is 1.67. The molecule has 0 saturated heterocycles. The predicted molar refractivity (Wildman–Crippen MR) is 118 cm³/mol. The SMILES string of the molecule is COc1ccc2[nH]c(=O)c([C@@H]3c4cc(OC)c(OC)cc4CCN3S(C)(=O)=O)cc2c1. The van der Waals surface area contributed by atoms with Gasteiger partial charge in [-0.15, -0.1) is 0 Å². The molecule has 1 aliphatic heterocycles. The normalized spacial score (nSPS) is 16.7. The quantitative estimate of drug-likeness (QED) is 0.649. The second-order valence-corrected chi connectivity index (χ2v) is 9.37. The van der Waals surface area contributed by atoms with Crippen molar-refractivity contribution in [3.8, 4) is 17.2 Å². The monoisotopic (exact) mass is 444 g/mol. The van der Waals surface area contributed by atoms with Crippen molar-refractivity contribution >= 4 is 20.9 Å². The third-order valence-corrected chi connectivity index (χ3v) is 6.88. The summed E-state index contributed by atoms with van der Waals surface area (Å²) in [6, 6.07) is 9.86. The summed E-state index contributed by atoms with van der Waals surface area (Å²) in [6.45, 7) is 0.252.